The van der Waals surface area contributed by atoms with Crippen LogP contribution in [-0.4, -0.2) is 4.98 Å². The van der Waals surface area contributed by atoms with Crippen molar-refractivity contribution in [2.45, 2.75) is 5.03 Å². The molecule has 2 rings (SSSR count). The SMILES string of the molecule is C1=CSc2ncccc2N1. The van der Waals surface area contributed by atoms with Crippen molar-refractivity contribution < 1.29 is 0 Å². The summed E-state index contributed by atoms with van der Waals surface area (Å²) in [4.78, 5) is 4.17. The van der Waals surface area contributed by atoms with Crippen LogP contribution in [0.4, 0.5) is 5.69 Å². The Labute approximate surface area is 63.4 Å². The predicted octanol–water partition coefficient (Wildman–Crippen LogP) is 2.07. The molecule has 0 bridgehead atoms. The Bertz CT molecular complexity index is 243. The van der Waals surface area contributed by atoms with E-state index in [1.165, 1.54) is 0 Å². The standard InChI is InChI=1S/C7H6N2S/c1-2-6-7(9-3-1)10-5-4-8-6/h1-5,8H. The highest BCUT2D eigenvalue weighted by atomic mass is 32.2. The van der Waals surface area contributed by atoms with Crippen molar-refractivity contribution in [3.8, 4) is 0 Å². The Balaban J connectivity index is 2.47. The Hall–Kier alpha value is -0.960. The Morgan fingerprint density at radius 2 is 2.50 bits per heavy atom. The van der Waals surface area contributed by atoms with Gasteiger partial charge < -0.3 is 5.32 Å². The molecule has 3 heteroatoms. The van der Waals surface area contributed by atoms with Crippen LogP contribution in [0, 0.1) is 0 Å². The monoisotopic (exact) mass is 150 g/mol. The number of pyridine rings is 1. The van der Waals surface area contributed by atoms with Gasteiger partial charge in [-0.25, -0.2) is 4.98 Å². The van der Waals surface area contributed by atoms with E-state index in [-0.39, 0.29) is 0 Å². The lowest BCUT2D eigenvalue weighted by atomic mass is 10.4. The molecule has 0 radical (unpaired) electrons. The number of nitrogens with one attached hydrogen (secondary N) is 1. The second-order valence-corrected chi connectivity index (χ2v) is 2.82. The van der Waals surface area contributed by atoms with Gasteiger partial charge in [0.25, 0.3) is 0 Å². The second-order valence-electron chi connectivity index (χ2n) is 1.92. The van der Waals surface area contributed by atoms with Crippen LogP contribution in [-0.2, 0) is 0 Å². The second kappa shape index (κ2) is 2.34. The first-order valence-electron chi connectivity index (χ1n) is 3.00. The minimum absolute atomic E-state index is 1.05. The van der Waals surface area contributed by atoms with Gasteiger partial charge in [0.1, 0.15) is 5.03 Å². The third kappa shape index (κ3) is 0.885. The van der Waals surface area contributed by atoms with Gasteiger partial charge in [0.2, 0.25) is 0 Å². The molecule has 0 saturated carbocycles. The molecule has 0 spiro atoms. The molecule has 1 aliphatic heterocycles. The third-order valence-electron chi connectivity index (χ3n) is 1.26. The van der Waals surface area contributed by atoms with Crippen LogP contribution in [0.25, 0.3) is 0 Å². The molecular weight excluding hydrogens is 144 g/mol. The quantitative estimate of drug-likeness (QED) is 0.612. The number of hydrogen-bond acceptors (Lipinski definition) is 3. The van der Waals surface area contributed by atoms with E-state index in [4.69, 9.17) is 0 Å². The van der Waals surface area contributed by atoms with Crippen LogP contribution in [0.3, 0.4) is 0 Å². The van der Waals surface area contributed by atoms with Crippen LogP contribution in [0.2, 0.25) is 0 Å². The maximum Gasteiger partial charge on any atom is 0.124 e. The minimum Gasteiger partial charge on any atom is -0.359 e. The molecule has 1 aromatic heterocycles. The lowest BCUT2D eigenvalue weighted by Crippen LogP contribution is -1.94. The van der Waals surface area contributed by atoms with E-state index in [9.17, 15) is 0 Å². The maximum atomic E-state index is 4.17. The van der Waals surface area contributed by atoms with Gasteiger partial charge in [-0.15, -0.1) is 0 Å². The number of hydrogen-bond donors (Lipinski definition) is 1. The molecule has 10 heavy (non-hydrogen) atoms. The smallest absolute Gasteiger partial charge is 0.124 e. The van der Waals surface area contributed by atoms with Crippen molar-refractivity contribution in [2.24, 2.45) is 0 Å². The molecule has 1 aromatic rings. The van der Waals surface area contributed by atoms with Crippen molar-refractivity contribution in [2.75, 3.05) is 5.32 Å². The first kappa shape index (κ1) is 5.80. The fraction of sp³-hybridized carbons (Fsp3) is 0. The number of fused-ring (bicyclic) bond motifs is 1. The largest absolute Gasteiger partial charge is 0.359 e. The van der Waals surface area contributed by atoms with Crippen molar-refractivity contribution in [1.29, 1.82) is 0 Å². The van der Waals surface area contributed by atoms with Crippen molar-refractivity contribution in [3.05, 3.63) is 29.9 Å². The fourth-order valence-corrected chi connectivity index (χ4v) is 1.46. The van der Waals surface area contributed by atoms with E-state index in [0.717, 1.165) is 10.7 Å². The van der Waals surface area contributed by atoms with Gasteiger partial charge in [-0.1, -0.05) is 11.8 Å². The zero-order valence-electron chi connectivity index (χ0n) is 5.24. The van der Waals surface area contributed by atoms with Crippen LogP contribution < -0.4 is 5.32 Å². The van der Waals surface area contributed by atoms with Gasteiger partial charge in [-0.05, 0) is 17.5 Å². The summed E-state index contributed by atoms with van der Waals surface area (Å²) in [6.07, 6.45) is 3.71. The summed E-state index contributed by atoms with van der Waals surface area (Å²) in [6, 6.07) is 3.93. The number of rotatable bonds is 0. The summed E-state index contributed by atoms with van der Waals surface area (Å²) in [5, 5.41) is 6.13. The number of anilines is 1. The summed E-state index contributed by atoms with van der Waals surface area (Å²) in [6.45, 7) is 0. The molecule has 0 unspecified atom stereocenters. The van der Waals surface area contributed by atoms with E-state index in [2.05, 4.69) is 10.3 Å². The molecule has 0 amide bonds. The van der Waals surface area contributed by atoms with E-state index < -0.39 is 0 Å². The highest BCUT2D eigenvalue weighted by molar-refractivity contribution is 8.02. The molecule has 0 aliphatic carbocycles. The molecule has 2 nitrogen and oxygen atoms in total. The van der Waals surface area contributed by atoms with Gasteiger partial charge >= 0.3 is 0 Å². The zero-order valence-corrected chi connectivity index (χ0v) is 6.06. The van der Waals surface area contributed by atoms with Gasteiger partial charge in [0.05, 0.1) is 5.69 Å². The summed E-state index contributed by atoms with van der Waals surface area (Å²) >= 11 is 1.63. The Morgan fingerprint density at radius 1 is 1.50 bits per heavy atom. The molecule has 0 fully saturated rings. The van der Waals surface area contributed by atoms with E-state index in [1.807, 2.05) is 23.7 Å². The number of thioether (sulfide) groups is 1. The molecule has 2 heterocycles. The highest BCUT2D eigenvalue weighted by Crippen LogP contribution is 2.28. The van der Waals surface area contributed by atoms with Crippen molar-refractivity contribution in [3.63, 3.8) is 0 Å². The molecule has 1 N–H and O–H groups in total. The van der Waals surface area contributed by atoms with Gasteiger partial charge in [0, 0.05) is 12.4 Å². The van der Waals surface area contributed by atoms with Gasteiger partial charge in [0.15, 0.2) is 0 Å². The summed E-state index contributed by atoms with van der Waals surface area (Å²) in [5.41, 5.74) is 1.09. The van der Waals surface area contributed by atoms with E-state index in [1.54, 1.807) is 18.0 Å². The highest BCUT2D eigenvalue weighted by Gasteiger charge is 2.02. The summed E-state index contributed by atoms with van der Waals surface area (Å²) in [5.74, 6) is 0. The van der Waals surface area contributed by atoms with E-state index in [0.29, 0.717) is 0 Å². The molecule has 1 aliphatic rings. The zero-order chi connectivity index (χ0) is 6.81. The van der Waals surface area contributed by atoms with Gasteiger partial charge in [-0.2, -0.15) is 0 Å². The molecule has 0 atom stereocenters. The van der Waals surface area contributed by atoms with E-state index >= 15 is 0 Å². The molecule has 0 saturated heterocycles. The van der Waals surface area contributed by atoms with Crippen LogP contribution in [0.1, 0.15) is 0 Å². The normalized spacial score (nSPS) is 14.0. The molecule has 0 aromatic carbocycles. The van der Waals surface area contributed by atoms with Crippen LogP contribution in [0.15, 0.2) is 35.0 Å². The topological polar surface area (TPSA) is 24.9 Å². The molecule has 50 valence electrons. The Kier molecular flexibility index (Phi) is 1.36. The summed E-state index contributed by atoms with van der Waals surface area (Å²) < 4.78 is 0. The summed E-state index contributed by atoms with van der Waals surface area (Å²) in [7, 11) is 0. The Morgan fingerprint density at radius 3 is 3.40 bits per heavy atom. The van der Waals surface area contributed by atoms with Crippen LogP contribution in [0.5, 0.6) is 0 Å². The number of aromatic nitrogens is 1. The minimum atomic E-state index is 1.05. The first-order valence-corrected chi connectivity index (χ1v) is 3.88. The van der Waals surface area contributed by atoms with Gasteiger partial charge in [-0.3, -0.25) is 0 Å². The maximum absolute atomic E-state index is 4.17. The lowest BCUT2D eigenvalue weighted by Gasteiger charge is -2.08. The molecular formula is C7H6N2S. The lowest BCUT2D eigenvalue weighted by molar-refractivity contribution is 1.14. The predicted molar refractivity (Wildman–Crippen MR) is 42.9 cm³/mol. The average Bonchev–Trinajstić information content (AvgIpc) is 2.05. The fourth-order valence-electron chi connectivity index (χ4n) is 0.817. The van der Waals surface area contributed by atoms with Crippen LogP contribution >= 0.6 is 11.8 Å². The average molecular weight is 150 g/mol. The first-order chi connectivity index (χ1) is 4.97. The third-order valence-corrected chi connectivity index (χ3v) is 2.08. The van der Waals surface area contributed by atoms with Crippen molar-refractivity contribution >= 4 is 17.4 Å². The number of nitrogens with zero attached hydrogens (tertiary/aromatic N) is 1. The van der Waals surface area contributed by atoms with Crippen molar-refractivity contribution in [1.82, 2.24) is 4.98 Å².